The summed E-state index contributed by atoms with van der Waals surface area (Å²) in [6, 6.07) is 5.63. The van der Waals surface area contributed by atoms with Crippen molar-refractivity contribution in [2.24, 2.45) is 5.92 Å². The number of nitrogens with one attached hydrogen (secondary N) is 3. The molecule has 0 aromatic heterocycles. The molecule has 2 amide bonds. The van der Waals surface area contributed by atoms with Gasteiger partial charge in [-0.2, -0.15) is 0 Å². The predicted molar refractivity (Wildman–Crippen MR) is 86.4 cm³/mol. The summed E-state index contributed by atoms with van der Waals surface area (Å²) in [5, 5.41) is 8.77. The van der Waals surface area contributed by atoms with Crippen LogP contribution < -0.4 is 16.0 Å². The molecule has 0 atom stereocenters. The molecule has 0 heterocycles. The lowest BCUT2D eigenvalue weighted by molar-refractivity contribution is -0.120. The lowest BCUT2D eigenvalue weighted by Gasteiger charge is -2.13. The number of anilines is 2. The van der Waals surface area contributed by atoms with Gasteiger partial charge in [-0.1, -0.05) is 26.8 Å². The van der Waals surface area contributed by atoms with Gasteiger partial charge in [0.2, 0.25) is 11.8 Å². The molecule has 5 nitrogen and oxygen atoms in total. The number of rotatable bonds is 7. The zero-order valence-electron chi connectivity index (χ0n) is 13.2. The molecule has 0 fully saturated rings. The van der Waals surface area contributed by atoms with Crippen molar-refractivity contribution in [1.29, 1.82) is 0 Å². The van der Waals surface area contributed by atoms with Crippen molar-refractivity contribution >= 4 is 23.2 Å². The lowest BCUT2D eigenvalue weighted by Crippen LogP contribution is -2.30. The summed E-state index contributed by atoms with van der Waals surface area (Å²) in [7, 11) is 0. The summed E-state index contributed by atoms with van der Waals surface area (Å²) < 4.78 is 0. The van der Waals surface area contributed by atoms with E-state index in [9.17, 15) is 9.59 Å². The summed E-state index contributed by atoms with van der Waals surface area (Å²) in [5.41, 5.74) is 2.61. The van der Waals surface area contributed by atoms with Gasteiger partial charge < -0.3 is 16.0 Å². The van der Waals surface area contributed by atoms with Crippen LogP contribution in [-0.2, 0) is 9.59 Å². The second kappa shape index (κ2) is 8.29. The molecule has 3 N–H and O–H groups in total. The normalized spacial score (nSPS) is 10.3. The average molecular weight is 291 g/mol. The number of carbonyl (C=O) groups is 2. The molecule has 0 spiro atoms. The molecule has 0 unspecified atom stereocenters. The van der Waals surface area contributed by atoms with Crippen LogP contribution in [-0.4, -0.2) is 24.9 Å². The first kappa shape index (κ1) is 17.0. The van der Waals surface area contributed by atoms with Gasteiger partial charge in [-0.15, -0.1) is 0 Å². The van der Waals surface area contributed by atoms with E-state index in [0.29, 0.717) is 6.54 Å². The highest BCUT2D eigenvalue weighted by Crippen LogP contribution is 2.20. The Morgan fingerprint density at radius 2 is 1.95 bits per heavy atom. The van der Waals surface area contributed by atoms with E-state index in [2.05, 4.69) is 16.0 Å². The van der Waals surface area contributed by atoms with E-state index in [4.69, 9.17) is 0 Å². The van der Waals surface area contributed by atoms with Gasteiger partial charge in [-0.25, -0.2) is 0 Å². The molecule has 0 radical (unpaired) electrons. The summed E-state index contributed by atoms with van der Waals surface area (Å²) in [6.07, 6.45) is 0.918. The fourth-order valence-electron chi connectivity index (χ4n) is 1.68. The molecule has 0 aliphatic rings. The largest absolute Gasteiger partial charge is 0.376 e. The number of hydrogen-bond acceptors (Lipinski definition) is 3. The van der Waals surface area contributed by atoms with Crippen LogP contribution in [0.3, 0.4) is 0 Å². The molecule has 116 valence electrons. The van der Waals surface area contributed by atoms with Crippen LogP contribution in [0.4, 0.5) is 11.4 Å². The molecular formula is C16H25N3O2. The highest BCUT2D eigenvalue weighted by atomic mass is 16.2. The first-order chi connectivity index (χ1) is 9.93. The predicted octanol–water partition coefficient (Wildman–Crippen LogP) is 2.53. The third-order valence-corrected chi connectivity index (χ3v) is 3.04. The molecule has 0 aliphatic heterocycles. The molecule has 0 saturated heterocycles. The third-order valence-electron chi connectivity index (χ3n) is 3.04. The monoisotopic (exact) mass is 291 g/mol. The molecule has 1 aromatic carbocycles. The smallest absolute Gasteiger partial charge is 0.239 e. The van der Waals surface area contributed by atoms with Crippen LogP contribution in [0, 0.1) is 12.8 Å². The van der Waals surface area contributed by atoms with E-state index in [0.717, 1.165) is 23.4 Å². The standard InChI is InChI=1S/C16H25N3O2/c1-5-8-17-15(20)10-18-14-9-13(7-6-12(14)4)19-16(21)11(2)3/h6-7,9,11,18H,5,8,10H2,1-4H3,(H,17,20)(H,19,21). The molecule has 21 heavy (non-hydrogen) atoms. The minimum absolute atomic E-state index is 0.0227. The van der Waals surface area contributed by atoms with E-state index in [1.165, 1.54) is 0 Å². The van der Waals surface area contributed by atoms with Gasteiger partial charge in [0.05, 0.1) is 6.54 Å². The van der Waals surface area contributed by atoms with E-state index >= 15 is 0 Å². The van der Waals surface area contributed by atoms with Crippen molar-refractivity contribution in [3.05, 3.63) is 23.8 Å². The van der Waals surface area contributed by atoms with Crippen LogP contribution in [0.5, 0.6) is 0 Å². The van der Waals surface area contributed by atoms with Gasteiger partial charge in [0, 0.05) is 23.8 Å². The molecule has 0 saturated carbocycles. The maximum atomic E-state index is 11.7. The van der Waals surface area contributed by atoms with Crippen molar-refractivity contribution in [2.75, 3.05) is 23.7 Å². The topological polar surface area (TPSA) is 70.2 Å². The first-order valence-electron chi connectivity index (χ1n) is 7.36. The average Bonchev–Trinajstić information content (AvgIpc) is 2.45. The van der Waals surface area contributed by atoms with Gasteiger partial charge >= 0.3 is 0 Å². The Bertz CT molecular complexity index is 498. The zero-order chi connectivity index (χ0) is 15.8. The van der Waals surface area contributed by atoms with Crippen molar-refractivity contribution in [3.63, 3.8) is 0 Å². The number of amides is 2. The Morgan fingerprint density at radius 1 is 1.24 bits per heavy atom. The van der Waals surface area contributed by atoms with Gasteiger partial charge in [-0.3, -0.25) is 9.59 Å². The van der Waals surface area contributed by atoms with Crippen molar-refractivity contribution < 1.29 is 9.59 Å². The van der Waals surface area contributed by atoms with Crippen LogP contribution in [0.15, 0.2) is 18.2 Å². The Morgan fingerprint density at radius 3 is 2.57 bits per heavy atom. The third kappa shape index (κ3) is 5.85. The Labute approximate surface area is 126 Å². The van der Waals surface area contributed by atoms with Crippen molar-refractivity contribution in [2.45, 2.75) is 34.1 Å². The zero-order valence-corrected chi connectivity index (χ0v) is 13.2. The van der Waals surface area contributed by atoms with E-state index in [-0.39, 0.29) is 24.3 Å². The van der Waals surface area contributed by atoms with Gasteiger partial charge in [0.1, 0.15) is 0 Å². The summed E-state index contributed by atoms with van der Waals surface area (Å²) in [6.45, 7) is 8.58. The maximum Gasteiger partial charge on any atom is 0.239 e. The Kier molecular flexibility index (Phi) is 6.72. The van der Waals surface area contributed by atoms with Gasteiger partial charge in [0.25, 0.3) is 0 Å². The fourth-order valence-corrected chi connectivity index (χ4v) is 1.68. The lowest BCUT2D eigenvalue weighted by atomic mass is 10.1. The van der Waals surface area contributed by atoms with Crippen LogP contribution in [0.25, 0.3) is 0 Å². The minimum atomic E-state index is -0.0671. The molecule has 0 aliphatic carbocycles. The second-order valence-electron chi connectivity index (χ2n) is 5.38. The SMILES string of the molecule is CCCNC(=O)CNc1cc(NC(=O)C(C)C)ccc1C. The number of benzene rings is 1. The molecule has 5 heteroatoms. The fraction of sp³-hybridized carbons (Fsp3) is 0.500. The molecule has 1 aromatic rings. The van der Waals surface area contributed by atoms with Crippen LogP contribution in [0.1, 0.15) is 32.8 Å². The van der Waals surface area contributed by atoms with Gasteiger partial charge in [0.15, 0.2) is 0 Å². The Balaban J connectivity index is 2.65. The highest BCUT2D eigenvalue weighted by Gasteiger charge is 2.08. The van der Waals surface area contributed by atoms with Crippen molar-refractivity contribution in [1.82, 2.24) is 5.32 Å². The summed E-state index contributed by atoms with van der Waals surface area (Å²) in [5.74, 6) is -0.124. The Hall–Kier alpha value is -2.04. The van der Waals surface area contributed by atoms with E-state index in [1.54, 1.807) is 0 Å². The highest BCUT2D eigenvalue weighted by molar-refractivity contribution is 5.92. The van der Waals surface area contributed by atoms with Crippen LogP contribution >= 0.6 is 0 Å². The van der Waals surface area contributed by atoms with Crippen LogP contribution in [0.2, 0.25) is 0 Å². The quantitative estimate of drug-likeness (QED) is 0.723. The van der Waals surface area contributed by atoms with Crippen molar-refractivity contribution in [3.8, 4) is 0 Å². The number of hydrogen-bond donors (Lipinski definition) is 3. The first-order valence-corrected chi connectivity index (χ1v) is 7.36. The summed E-state index contributed by atoms with van der Waals surface area (Å²) >= 11 is 0. The summed E-state index contributed by atoms with van der Waals surface area (Å²) in [4.78, 5) is 23.3. The number of carbonyl (C=O) groups excluding carboxylic acids is 2. The van der Waals surface area contributed by atoms with E-state index in [1.807, 2.05) is 45.9 Å². The molecule has 0 bridgehead atoms. The minimum Gasteiger partial charge on any atom is -0.376 e. The van der Waals surface area contributed by atoms with E-state index < -0.39 is 0 Å². The number of aryl methyl sites for hydroxylation is 1. The van der Waals surface area contributed by atoms with Gasteiger partial charge in [-0.05, 0) is 31.0 Å². The maximum absolute atomic E-state index is 11.7. The molecular weight excluding hydrogens is 266 g/mol. The molecule has 1 rings (SSSR count). The second-order valence-corrected chi connectivity index (χ2v) is 5.38.